The summed E-state index contributed by atoms with van der Waals surface area (Å²) in [5, 5.41) is 2.32. The highest BCUT2D eigenvalue weighted by Crippen LogP contribution is 2.36. The number of carbonyl (C=O) groups excluding carboxylic acids is 2. The van der Waals surface area contributed by atoms with Crippen LogP contribution in [-0.4, -0.2) is 50.5 Å². The largest absolute Gasteiger partial charge is 0.416 e. The average Bonchev–Trinajstić information content (AvgIpc) is 2.75. The van der Waals surface area contributed by atoms with Crippen LogP contribution in [0.3, 0.4) is 0 Å². The summed E-state index contributed by atoms with van der Waals surface area (Å²) >= 11 is 9.35. The summed E-state index contributed by atoms with van der Waals surface area (Å²) in [6, 6.07) is 8.11. The molecule has 0 fully saturated rings. The Kier molecular flexibility index (Phi) is 9.60. The number of hydrogen-bond acceptors (Lipinski definition) is 4. The molecule has 35 heavy (non-hydrogen) atoms. The van der Waals surface area contributed by atoms with Gasteiger partial charge in [0.05, 0.1) is 22.5 Å². The number of hydrogen-bond donors (Lipinski definition) is 1. The number of alkyl halides is 3. The fourth-order valence-electron chi connectivity index (χ4n) is 3.17. The number of rotatable bonds is 9. The number of carbonyl (C=O) groups is 2. The highest BCUT2D eigenvalue weighted by molar-refractivity contribution is 9.10. The first-order valence-electron chi connectivity index (χ1n) is 10.3. The van der Waals surface area contributed by atoms with Crippen LogP contribution in [0.1, 0.15) is 25.0 Å². The first-order chi connectivity index (χ1) is 16.1. The van der Waals surface area contributed by atoms with Gasteiger partial charge < -0.3 is 10.2 Å². The normalized spacial score (nSPS) is 12.7. The highest BCUT2D eigenvalue weighted by atomic mass is 79.9. The van der Waals surface area contributed by atoms with E-state index in [-0.39, 0.29) is 11.6 Å². The minimum absolute atomic E-state index is 0.0433. The number of nitrogens with one attached hydrogen (secondary N) is 1. The van der Waals surface area contributed by atoms with Gasteiger partial charge in [0.15, 0.2) is 0 Å². The molecule has 1 atom stereocenters. The quantitative estimate of drug-likeness (QED) is 0.463. The summed E-state index contributed by atoms with van der Waals surface area (Å²) in [6.45, 7) is 2.58. The molecule has 0 aliphatic heterocycles. The summed E-state index contributed by atoms with van der Waals surface area (Å²) in [6.07, 6.45) is -4.00. The van der Waals surface area contributed by atoms with Crippen LogP contribution in [-0.2, 0) is 32.3 Å². The van der Waals surface area contributed by atoms with Crippen molar-refractivity contribution >= 4 is 55.1 Å². The van der Waals surface area contributed by atoms with E-state index in [0.29, 0.717) is 28.5 Å². The molecule has 13 heteroatoms. The van der Waals surface area contributed by atoms with Crippen molar-refractivity contribution < 1.29 is 31.2 Å². The second kappa shape index (κ2) is 11.6. The molecular formula is C22H24BrClF3N3O4S. The molecule has 2 rings (SSSR count). The number of sulfonamides is 1. The predicted molar refractivity (Wildman–Crippen MR) is 131 cm³/mol. The van der Waals surface area contributed by atoms with Gasteiger partial charge in [0, 0.05) is 17.6 Å². The maximum Gasteiger partial charge on any atom is 0.416 e. The van der Waals surface area contributed by atoms with Crippen LogP contribution in [0.2, 0.25) is 5.02 Å². The SMILES string of the molecule is CCNC(=O)[C@H](C)N(Cc1ccc(Br)cc1)C(=O)CN(c1cc(C(F)(F)F)ccc1Cl)S(C)(=O)=O. The van der Waals surface area contributed by atoms with Gasteiger partial charge in [-0.3, -0.25) is 13.9 Å². The van der Waals surface area contributed by atoms with E-state index in [1.54, 1.807) is 31.2 Å². The van der Waals surface area contributed by atoms with Crippen LogP contribution < -0.4 is 9.62 Å². The molecule has 0 radical (unpaired) electrons. The monoisotopic (exact) mass is 597 g/mol. The molecular weight excluding hydrogens is 575 g/mol. The van der Waals surface area contributed by atoms with Crippen LogP contribution in [0.15, 0.2) is 46.9 Å². The molecule has 1 N–H and O–H groups in total. The molecule has 2 aromatic rings. The number of halogens is 5. The smallest absolute Gasteiger partial charge is 0.355 e. The van der Waals surface area contributed by atoms with Gasteiger partial charge in [0.2, 0.25) is 21.8 Å². The molecule has 0 aliphatic carbocycles. The van der Waals surface area contributed by atoms with Crippen molar-refractivity contribution in [1.82, 2.24) is 10.2 Å². The number of amides is 2. The molecule has 0 unspecified atom stereocenters. The summed E-state index contributed by atoms with van der Waals surface area (Å²) in [7, 11) is -4.24. The van der Waals surface area contributed by atoms with Crippen molar-refractivity contribution in [3.05, 3.63) is 63.1 Å². The van der Waals surface area contributed by atoms with E-state index in [0.717, 1.165) is 21.7 Å². The summed E-state index contributed by atoms with van der Waals surface area (Å²) in [4.78, 5) is 27.0. The van der Waals surface area contributed by atoms with E-state index < -0.39 is 51.9 Å². The highest BCUT2D eigenvalue weighted by Gasteiger charge is 2.34. The molecule has 0 saturated carbocycles. The van der Waals surface area contributed by atoms with E-state index >= 15 is 0 Å². The zero-order valence-corrected chi connectivity index (χ0v) is 22.2. The zero-order valence-electron chi connectivity index (χ0n) is 19.1. The lowest BCUT2D eigenvalue weighted by Gasteiger charge is -2.31. The lowest BCUT2D eigenvalue weighted by Crippen LogP contribution is -2.51. The van der Waals surface area contributed by atoms with Crippen LogP contribution in [0.5, 0.6) is 0 Å². The minimum atomic E-state index is -4.76. The minimum Gasteiger partial charge on any atom is -0.355 e. The van der Waals surface area contributed by atoms with Crippen molar-refractivity contribution in [2.24, 2.45) is 0 Å². The Morgan fingerprint density at radius 1 is 1.14 bits per heavy atom. The second-order valence-electron chi connectivity index (χ2n) is 7.65. The van der Waals surface area contributed by atoms with Crippen molar-refractivity contribution in [3.8, 4) is 0 Å². The van der Waals surface area contributed by atoms with Crippen molar-refractivity contribution in [2.45, 2.75) is 32.6 Å². The third-order valence-corrected chi connectivity index (χ3v) is 6.98. The van der Waals surface area contributed by atoms with E-state index in [1.807, 2.05) is 0 Å². The van der Waals surface area contributed by atoms with Crippen molar-refractivity contribution in [2.75, 3.05) is 23.7 Å². The van der Waals surface area contributed by atoms with Gasteiger partial charge in [-0.05, 0) is 49.7 Å². The van der Waals surface area contributed by atoms with Gasteiger partial charge in [-0.2, -0.15) is 13.2 Å². The van der Waals surface area contributed by atoms with Crippen LogP contribution in [0.4, 0.5) is 18.9 Å². The van der Waals surface area contributed by atoms with E-state index in [9.17, 15) is 31.2 Å². The molecule has 0 bridgehead atoms. The molecule has 192 valence electrons. The Morgan fingerprint density at radius 3 is 2.26 bits per heavy atom. The molecule has 0 saturated heterocycles. The van der Waals surface area contributed by atoms with Gasteiger partial charge in [-0.25, -0.2) is 8.42 Å². The van der Waals surface area contributed by atoms with Crippen LogP contribution in [0.25, 0.3) is 0 Å². The Balaban J connectivity index is 2.48. The summed E-state index contributed by atoms with van der Waals surface area (Å²) in [5.74, 6) is -1.27. The van der Waals surface area contributed by atoms with Gasteiger partial charge in [0.1, 0.15) is 12.6 Å². The Bertz CT molecular complexity index is 1180. The Hall–Kier alpha value is -2.31. The van der Waals surface area contributed by atoms with Crippen molar-refractivity contribution in [1.29, 1.82) is 0 Å². The average molecular weight is 599 g/mol. The topological polar surface area (TPSA) is 86.8 Å². The third-order valence-electron chi connectivity index (χ3n) is 5.01. The van der Waals surface area contributed by atoms with Gasteiger partial charge >= 0.3 is 6.18 Å². The Morgan fingerprint density at radius 2 is 1.74 bits per heavy atom. The van der Waals surface area contributed by atoms with E-state index in [4.69, 9.17) is 11.6 Å². The van der Waals surface area contributed by atoms with E-state index in [2.05, 4.69) is 21.2 Å². The fourth-order valence-corrected chi connectivity index (χ4v) is 4.55. The second-order valence-corrected chi connectivity index (χ2v) is 10.9. The first kappa shape index (κ1) is 28.9. The third kappa shape index (κ3) is 7.84. The van der Waals surface area contributed by atoms with Gasteiger partial charge in [0.25, 0.3) is 0 Å². The standard InChI is InChI=1S/C22H24BrClF3N3O4S/c1-4-28-21(32)14(2)29(12-15-5-8-17(23)9-6-15)20(31)13-30(35(3,33)34)19-11-16(22(25,26)27)7-10-18(19)24/h5-11,14H,4,12-13H2,1-3H3,(H,28,32)/t14-/m0/s1. The maximum atomic E-state index is 13.4. The summed E-state index contributed by atoms with van der Waals surface area (Å²) in [5.41, 5.74) is -0.965. The summed E-state index contributed by atoms with van der Waals surface area (Å²) < 4.78 is 66.1. The number of anilines is 1. The lowest BCUT2D eigenvalue weighted by molar-refractivity contribution is -0.139. The predicted octanol–water partition coefficient (Wildman–Crippen LogP) is 4.44. The lowest BCUT2D eigenvalue weighted by atomic mass is 10.1. The Labute approximate surface area is 215 Å². The molecule has 0 aliphatic rings. The van der Waals surface area contributed by atoms with Gasteiger partial charge in [-0.1, -0.05) is 39.7 Å². The fraction of sp³-hybridized carbons (Fsp3) is 0.364. The zero-order chi connectivity index (χ0) is 26.6. The number of nitrogens with zero attached hydrogens (tertiary/aromatic N) is 2. The molecule has 0 aromatic heterocycles. The van der Waals surface area contributed by atoms with Crippen LogP contribution >= 0.6 is 27.5 Å². The van der Waals surface area contributed by atoms with Crippen molar-refractivity contribution in [3.63, 3.8) is 0 Å². The molecule has 7 nitrogen and oxygen atoms in total. The number of likely N-dealkylation sites (N-methyl/N-ethyl adjacent to an activating group) is 1. The molecule has 0 heterocycles. The first-order valence-corrected chi connectivity index (χ1v) is 13.3. The molecule has 2 aromatic carbocycles. The molecule has 2 amide bonds. The van der Waals surface area contributed by atoms with Crippen LogP contribution in [0, 0.1) is 0 Å². The van der Waals surface area contributed by atoms with Gasteiger partial charge in [-0.15, -0.1) is 0 Å². The number of benzene rings is 2. The molecule has 0 spiro atoms. The maximum absolute atomic E-state index is 13.4. The van der Waals surface area contributed by atoms with E-state index in [1.165, 1.54) is 6.92 Å².